The predicted molar refractivity (Wildman–Crippen MR) is 136 cm³/mol. The van der Waals surface area contributed by atoms with Gasteiger partial charge in [-0.05, 0) is 54.4 Å². The first-order valence-corrected chi connectivity index (χ1v) is 12.0. The Hall–Kier alpha value is -2.09. The summed E-state index contributed by atoms with van der Waals surface area (Å²) >= 11 is 31.2. The molecule has 0 aromatic heterocycles. The van der Waals surface area contributed by atoms with Crippen LogP contribution < -0.4 is 10.6 Å². The van der Waals surface area contributed by atoms with Gasteiger partial charge in [-0.2, -0.15) is 0 Å². The van der Waals surface area contributed by atoms with E-state index in [4.69, 9.17) is 58.0 Å². The van der Waals surface area contributed by atoms with Crippen molar-refractivity contribution in [3.8, 4) is 0 Å². The highest BCUT2D eigenvalue weighted by Gasteiger charge is 2.67. The zero-order valence-corrected chi connectivity index (χ0v) is 21.5. The maximum Gasteiger partial charge on any atom is 0.257 e. The van der Waals surface area contributed by atoms with E-state index in [0.29, 0.717) is 21.7 Å². The third kappa shape index (κ3) is 5.23. The lowest BCUT2D eigenvalue weighted by Crippen LogP contribution is -2.18. The van der Waals surface area contributed by atoms with Crippen LogP contribution in [0.15, 0.2) is 48.5 Å². The van der Waals surface area contributed by atoms with E-state index >= 15 is 0 Å². The first-order chi connectivity index (χ1) is 16.4. The number of rotatable bonds is 5. The van der Waals surface area contributed by atoms with Gasteiger partial charge in [0.05, 0.1) is 32.2 Å². The van der Waals surface area contributed by atoms with Gasteiger partial charge in [0.1, 0.15) is 16.0 Å². The fourth-order valence-corrected chi connectivity index (χ4v) is 5.19. The van der Waals surface area contributed by atoms with E-state index in [9.17, 15) is 18.4 Å². The molecule has 4 nitrogen and oxygen atoms in total. The fourth-order valence-electron chi connectivity index (χ4n) is 3.78. The number of nitrogens with one attached hydrogen (secondary N) is 2. The maximum absolute atomic E-state index is 13.9. The summed E-state index contributed by atoms with van der Waals surface area (Å²) in [6.07, 6.45) is 0. The molecule has 35 heavy (non-hydrogen) atoms. The van der Waals surface area contributed by atoms with E-state index in [1.807, 2.05) is 0 Å². The highest BCUT2D eigenvalue weighted by atomic mass is 35.5. The summed E-state index contributed by atoms with van der Waals surface area (Å²) in [6.45, 7) is 1.78. The van der Waals surface area contributed by atoms with Crippen molar-refractivity contribution in [2.45, 2.75) is 17.2 Å². The third-order valence-corrected chi connectivity index (χ3v) is 7.75. The molecule has 4 rings (SSSR count). The standard InChI is InChI=1S/C24H15Cl5F2N2O2/c1-10-6-11(7-16(26)21(10)27)19-20(24(19,28)29)23(35)32-13-3-4-15(25)14(9-13)22(34)33-18-5-2-12(30)8-17(18)31/h2-9,19-20H,1H3,(H,32,35)(H,33,34). The van der Waals surface area contributed by atoms with Crippen LogP contribution in [-0.2, 0) is 4.79 Å². The molecule has 182 valence electrons. The summed E-state index contributed by atoms with van der Waals surface area (Å²) in [5, 5.41) is 5.78. The number of amides is 2. The van der Waals surface area contributed by atoms with Crippen molar-refractivity contribution in [3.05, 3.63) is 91.9 Å². The van der Waals surface area contributed by atoms with Crippen molar-refractivity contribution < 1.29 is 18.4 Å². The largest absolute Gasteiger partial charge is 0.326 e. The zero-order chi connectivity index (χ0) is 25.7. The van der Waals surface area contributed by atoms with Gasteiger partial charge in [0.15, 0.2) is 0 Å². The van der Waals surface area contributed by atoms with E-state index in [0.717, 1.165) is 17.7 Å². The van der Waals surface area contributed by atoms with Crippen molar-refractivity contribution in [1.29, 1.82) is 0 Å². The van der Waals surface area contributed by atoms with Crippen LogP contribution in [0.1, 0.15) is 27.4 Å². The van der Waals surface area contributed by atoms with Crippen molar-refractivity contribution >= 4 is 81.2 Å². The van der Waals surface area contributed by atoms with Crippen LogP contribution in [-0.4, -0.2) is 16.1 Å². The molecule has 1 aliphatic rings. The van der Waals surface area contributed by atoms with Gasteiger partial charge >= 0.3 is 0 Å². The quantitative estimate of drug-likeness (QED) is 0.301. The molecule has 0 spiro atoms. The van der Waals surface area contributed by atoms with E-state index in [1.165, 1.54) is 18.2 Å². The minimum Gasteiger partial charge on any atom is -0.326 e. The van der Waals surface area contributed by atoms with Crippen LogP contribution in [0.3, 0.4) is 0 Å². The van der Waals surface area contributed by atoms with Gasteiger partial charge in [0.25, 0.3) is 5.91 Å². The summed E-state index contributed by atoms with van der Waals surface area (Å²) in [4.78, 5) is 25.6. The van der Waals surface area contributed by atoms with Gasteiger partial charge in [0, 0.05) is 17.7 Å². The molecule has 0 heterocycles. The molecule has 2 amide bonds. The maximum atomic E-state index is 13.9. The first-order valence-electron chi connectivity index (χ1n) is 10.1. The minimum absolute atomic E-state index is 0.0383. The Labute approximate surface area is 224 Å². The van der Waals surface area contributed by atoms with Crippen LogP contribution in [0.25, 0.3) is 0 Å². The van der Waals surface area contributed by atoms with Crippen molar-refractivity contribution in [3.63, 3.8) is 0 Å². The number of halogens is 7. The molecule has 2 unspecified atom stereocenters. The number of alkyl halides is 2. The second-order valence-corrected chi connectivity index (χ2v) is 10.7. The number of carbonyl (C=O) groups is 2. The topological polar surface area (TPSA) is 58.2 Å². The molecule has 0 saturated heterocycles. The number of anilines is 2. The Bertz CT molecular complexity index is 1340. The Morgan fingerprint density at radius 2 is 1.63 bits per heavy atom. The molecule has 0 radical (unpaired) electrons. The van der Waals surface area contributed by atoms with Gasteiger partial charge < -0.3 is 10.6 Å². The molecule has 1 saturated carbocycles. The van der Waals surface area contributed by atoms with Crippen LogP contribution in [0.4, 0.5) is 20.2 Å². The monoisotopic (exact) mass is 576 g/mol. The molecule has 1 fully saturated rings. The molecule has 3 aromatic carbocycles. The predicted octanol–water partition coefficient (Wildman–Crippen LogP) is 8.01. The second kappa shape index (κ2) is 9.75. The Kier molecular flexibility index (Phi) is 7.24. The third-order valence-electron chi connectivity index (χ3n) is 5.59. The van der Waals surface area contributed by atoms with Gasteiger partial charge in [-0.15, -0.1) is 23.2 Å². The highest BCUT2D eigenvalue weighted by molar-refractivity contribution is 6.53. The van der Waals surface area contributed by atoms with Gasteiger partial charge in [-0.1, -0.05) is 40.9 Å². The first kappa shape index (κ1) is 26.0. The van der Waals surface area contributed by atoms with Crippen molar-refractivity contribution in [1.82, 2.24) is 0 Å². The van der Waals surface area contributed by atoms with Crippen molar-refractivity contribution in [2.75, 3.05) is 10.6 Å². The lowest BCUT2D eigenvalue weighted by atomic mass is 10.1. The number of aryl methyl sites for hydroxylation is 1. The Morgan fingerprint density at radius 1 is 0.914 bits per heavy atom. The lowest BCUT2D eigenvalue weighted by Gasteiger charge is -2.11. The number of hydrogen-bond acceptors (Lipinski definition) is 2. The molecule has 0 aliphatic heterocycles. The Morgan fingerprint density at radius 3 is 2.29 bits per heavy atom. The van der Waals surface area contributed by atoms with Crippen LogP contribution in [0.2, 0.25) is 15.1 Å². The molecule has 2 N–H and O–H groups in total. The van der Waals surface area contributed by atoms with Crippen LogP contribution in [0, 0.1) is 24.5 Å². The number of carbonyl (C=O) groups excluding carboxylic acids is 2. The Balaban J connectivity index is 1.52. The second-order valence-electron chi connectivity index (χ2n) is 8.03. The van der Waals surface area contributed by atoms with Gasteiger partial charge in [-0.25, -0.2) is 8.78 Å². The van der Waals surface area contributed by atoms with Gasteiger partial charge in [0.2, 0.25) is 5.91 Å². The summed E-state index contributed by atoms with van der Waals surface area (Å²) in [7, 11) is 0. The lowest BCUT2D eigenvalue weighted by molar-refractivity contribution is -0.117. The zero-order valence-electron chi connectivity index (χ0n) is 17.7. The summed E-state index contributed by atoms with van der Waals surface area (Å²) in [6, 6.07) is 10.3. The van der Waals surface area contributed by atoms with E-state index in [-0.39, 0.29) is 22.0 Å². The summed E-state index contributed by atoms with van der Waals surface area (Å²) < 4.78 is 25.7. The average Bonchev–Trinajstić information content (AvgIpc) is 3.37. The molecular weight excluding hydrogens is 564 g/mol. The van der Waals surface area contributed by atoms with Gasteiger partial charge in [-0.3, -0.25) is 9.59 Å². The average molecular weight is 579 g/mol. The van der Waals surface area contributed by atoms with Crippen LogP contribution >= 0.6 is 58.0 Å². The SMILES string of the molecule is Cc1cc(C2C(C(=O)Nc3ccc(Cl)c(C(=O)Nc4ccc(F)cc4F)c3)C2(Cl)Cl)cc(Cl)c1Cl. The minimum atomic E-state index is -1.37. The van der Waals surface area contributed by atoms with E-state index in [2.05, 4.69) is 10.6 Å². The molecule has 0 bridgehead atoms. The summed E-state index contributed by atoms with van der Waals surface area (Å²) in [5.74, 6) is -4.30. The molecule has 2 atom stereocenters. The van der Waals surface area contributed by atoms with Crippen molar-refractivity contribution in [2.24, 2.45) is 5.92 Å². The summed E-state index contributed by atoms with van der Waals surface area (Å²) in [5.41, 5.74) is 1.36. The normalized spacial score (nSPS) is 18.2. The number of benzene rings is 3. The molecule has 1 aliphatic carbocycles. The van der Waals surface area contributed by atoms with E-state index < -0.39 is 39.6 Å². The highest BCUT2D eigenvalue weighted by Crippen LogP contribution is 2.65. The smallest absolute Gasteiger partial charge is 0.257 e. The molecular formula is C24H15Cl5F2N2O2. The van der Waals surface area contributed by atoms with Crippen LogP contribution in [0.5, 0.6) is 0 Å². The number of hydrogen-bond donors (Lipinski definition) is 2. The fraction of sp³-hybridized carbons (Fsp3) is 0.167. The van der Waals surface area contributed by atoms with E-state index in [1.54, 1.807) is 19.1 Å². The molecule has 11 heteroatoms. The molecule has 3 aromatic rings.